The summed E-state index contributed by atoms with van der Waals surface area (Å²) in [5, 5.41) is 8.91. The summed E-state index contributed by atoms with van der Waals surface area (Å²) in [4.78, 5) is 12.0. The monoisotopic (exact) mass is 419 g/mol. The number of unbranched alkanes of at least 4 members (excludes halogenated alkanes) is 2. The van der Waals surface area contributed by atoms with Crippen molar-refractivity contribution in [3.63, 3.8) is 0 Å². The summed E-state index contributed by atoms with van der Waals surface area (Å²) in [6, 6.07) is 10.2. The smallest absolute Gasteiger partial charge is 0.150 e. The van der Waals surface area contributed by atoms with Crippen molar-refractivity contribution >= 4 is 44.3 Å². The largest absolute Gasteiger partial charge is 0.298 e. The molecule has 0 spiro atoms. The molecule has 0 saturated carbocycles. The minimum Gasteiger partial charge on any atom is -0.298 e. The van der Waals surface area contributed by atoms with Crippen LogP contribution in [0.3, 0.4) is 0 Å². The van der Waals surface area contributed by atoms with Crippen LogP contribution in [-0.2, 0) is 4.79 Å². The lowest BCUT2D eigenvalue weighted by atomic mass is 9.90. The molecule has 0 aliphatic heterocycles. The fraction of sp³-hybridized carbons (Fsp3) is 0.429. The van der Waals surface area contributed by atoms with Gasteiger partial charge in [-0.2, -0.15) is 5.26 Å². The highest BCUT2D eigenvalue weighted by molar-refractivity contribution is 14.1. The number of benzene rings is 1. The zero-order valence-corrected chi connectivity index (χ0v) is 13.8. The molecule has 0 aliphatic carbocycles. The van der Waals surface area contributed by atoms with E-state index >= 15 is 0 Å². The molecule has 1 aromatic rings. The molecule has 0 aromatic heterocycles. The van der Waals surface area contributed by atoms with Gasteiger partial charge < -0.3 is 0 Å². The number of nitrogens with zero attached hydrogens (tertiary/aromatic N) is 1. The first-order valence-electron chi connectivity index (χ1n) is 5.90. The van der Waals surface area contributed by atoms with Crippen molar-refractivity contribution in [1.29, 1.82) is 5.26 Å². The van der Waals surface area contributed by atoms with E-state index in [0.717, 1.165) is 28.4 Å². The molecule has 0 heterocycles. The average molecular weight is 420 g/mol. The van der Waals surface area contributed by atoms with E-state index in [4.69, 9.17) is 5.26 Å². The molecule has 18 heavy (non-hydrogen) atoms. The third-order valence-corrected chi connectivity index (χ3v) is 4.03. The predicted molar refractivity (Wildman–Crippen MR) is 84.8 cm³/mol. The van der Waals surface area contributed by atoms with Crippen molar-refractivity contribution in [2.45, 2.75) is 31.6 Å². The number of nitriles is 1. The molecule has 1 unspecified atom stereocenters. The van der Waals surface area contributed by atoms with Crippen molar-refractivity contribution < 1.29 is 4.79 Å². The number of alkyl halides is 1. The molecule has 4 heteroatoms. The summed E-state index contributed by atoms with van der Waals surface area (Å²) >= 11 is 5.51. The van der Waals surface area contributed by atoms with Gasteiger partial charge in [-0.1, -0.05) is 34.5 Å². The van der Waals surface area contributed by atoms with Crippen molar-refractivity contribution in [3.05, 3.63) is 33.4 Å². The van der Waals surface area contributed by atoms with Crippen LogP contribution in [0.25, 0.3) is 0 Å². The van der Waals surface area contributed by atoms with Crippen LogP contribution >= 0.6 is 38.5 Å². The van der Waals surface area contributed by atoms with Crippen molar-refractivity contribution in [2.24, 2.45) is 0 Å². The topological polar surface area (TPSA) is 40.9 Å². The lowest BCUT2D eigenvalue weighted by molar-refractivity contribution is -0.118. The van der Waals surface area contributed by atoms with Gasteiger partial charge in [-0.15, -0.1) is 0 Å². The van der Waals surface area contributed by atoms with E-state index in [2.05, 4.69) is 50.7 Å². The van der Waals surface area contributed by atoms with E-state index in [1.807, 2.05) is 18.2 Å². The Morgan fingerprint density at radius 3 is 2.83 bits per heavy atom. The summed E-state index contributed by atoms with van der Waals surface area (Å²) in [5.41, 5.74) is 1.09. The first-order chi connectivity index (χ1) is 8.69. The zero-order valence-electron chi connectivity index (χ0n) is 10.0. The Labute approximate surface area is 130 Å². The molecule has 1 atom stereocenters. The van der Waals surface area contributed by atoms with Gasteiger partial charge in [0.05, 0.1) is 11.4 Å². The Morgan fingerprint density at radius 2 is 2.22 bits per heavy atom. The van der Waals surface area contributed by atoms with Gasteiger partial charge in [-0.3, -0.25) is 4.79 Å². The maximum absolute atomic E-state index is 12.0. The van der Waals surface area contributed by atoms with E-state index in [0.29, 0.717) is 11.8 Å². The molecule has 2 nitrogen and oxygen atoms in total. The van der Waals surface area contributed by atoms with Crippen LogP contribution in [0.4, 0.5) is 0 Å². The second-order valence-electron chi connectivity index (χ2n) is 4.11. The Hall–Kier alpha value is -0.410. The fourth-order valence-corrected chi connectivity index (χ4v) is 2.84. The first kappa shape index (κ1) is 15.6. The summed E-state index contributed by atoms with van der Waals surface area (Å²) in [5.74, 6) is 0.173. The second-order valence-corrected chi connectivity index (χ2v) is 5.92. The highest BCUT2D eigenvalue weighted by Gasteiger charge is 2.19. The van der Waals surface area contributed by atoms with Crippen LogP contribution in [0.5, 0.6) is 0 Å². The Bertz CT molecular complexity index is 442. The minimum atomic E-state index is -0.0437. The average Bonchev–Trinajstić information content (AvgIpc) is 2.38. The molecule has 0 radical (unpaired) electrons. The second kappa shape index (κ2) is 8.65. The summed E-state index contributed by atoms with van der Waals surface area (Å²) in [6.07, 6.45) is 3.18. The van der Waals surface area contributed by atoms with Crippen molar-refractivity contribution in [2.75, 3.05) is 5.33 Å². The number of Topliss-reactive ketones (excluding diaryl/α,β-unsaturated/α-hetero) is 1. The van der Waals surface area contributed by atoms with Crippen LogP contribution in [0, 0.1) is 14.9 Å². The van der Waals surface area contributed by atoms with Crippen LogP contribution < -0.4 is 0 Å². The molecule has 0 bridgehead atoms. The minimum absolute atomic E-state index is 0.0437. The molecule has 0 fully saturated rings. The summed E-state index contributed by atoms with van der Waals surface area (Å²) < 4.78 is 1.15. The number of carbonyl (C=O) groups excluding carboxylic acids is 1. The van der Waals surface area contributed by atoms with Crippen molar-refractivity contribution in [1.82, 2.24) is 0 Å². The molecule has 0 N–H and O–H groups in total. The number of rotatable bonds is 7. The van der Waals surface area contributed by atoms with E-state index in [1.165, 1.54) is 0 Å². The number of hydrogen-bond donors (Lipinski definition) is 0. The van der Waals surface area contributed by atoms with Crippen LogP contribution in [0.2, 0.25) is 0 Å². The van der Waals surface area contributed by atoms with Gasteiger partial charge >= 0.3 is 0 Å². The Morgan fingerprint density at radius 1 is 1.44 bits per heavy atom. The third-order valence-electron chi connectivity index (χ3n) is 2.80. The summed E-state index contributed by atoms with van der Waals surface area (Å²) in [6.45, 7) is 0. The normalized spacial score (nSPS) is 11.8. The standard InChI is InChI=1S/C14H15BrINO/c15-10-14(18)13(7-2-1-3-8-17)11-5-4-6-12(16)9-11/h4-6,9,13H,1-3,7,10H2. The zero-order chi connectivity index (χ0) is 13.4. The summed E-state index contributed by atoms with van der Waals surface area (Å²) in [7, 11) is 0. The highest BCUT2D eigenvalue weighted by Crippen LogP contribution is 2.25. The van der Waals surface area contributed by atoms with Gasteiger partial charge in [0.25, 0.3) is 0 Å². The first-order valence-corrected chi connectivity index (χ1v) is 8.10. The van der Waals surface area contributed by atoms with Gasteiger partial charge in [0.2, 0.25) is 0 Å². The number of ketones is 1. The Kier molecular flexibility index (Phi) is 7.52. The third kappa shape index (κ3) is 5.07. The molecule has 0 saturated heterocycles. The maximum atomic E-state index is 12.0. The van der Waals surface area contributed by atoms with Gasteiger partial charge in [0, 0.05) is 15.9 Å². The molecule has 96 valence electrons. The number of halogens is 2. The highest BCUT2D eigenvalue weighted by atomic mass is 127. The van der Waals surface area contributed by atoms with Gasteiger partial charge in [0.15, 0.2) is 5.78 Å². The van der Waals surface area contributed by atoms with Crippen LogP contribution in [0.1, 0.15) is 37.2 Å². The quantitative estimate of drug-likeness (QED) is 0.372. The number of carbonyl (C=O) groups is 1. The van der Waals surface area contributed by atoms with E-state index in [1.54, 1.807) is 0 Å². The number of hydrogen-bond acceptors (Lipinski definition) is 2. The molecular formula is C14H15BrINO. The molecular weight excluding hydrogens is 405 g/mol. The van der Waals surface area contributed by atoms with Crippen molar-refractivity contribution in [3.8, 4) is 6.07 Å². The SMILES string of the molecule is N#CCCCCC(C(=O)CBr)c1cccc(I)c1. The van der Waals surface area contributed by atoms with Crippen LogP contribution in [0.15, 0.2) is 24.3 Å². The van der Waals surface area contributed by atoms with E-state index in [9.17, 15) is 4.79 Å². The molecule has 0 amide bonds. The lowest BCUT2D eigenvalue weighted by Crippen LogP contribution is -2.14. The van der Waals surface area contributed by atoms with Crippen LogP contribution in [-0.4, -0.2) is 11.1 Å². The molecule has 0 aliphatic rings. The van der Waals surface area contributed by atoms with Gasteiger partial charge in [-0.05, 0) is 53.1 Å². The van der Waals surface area contributed by atoms with E-state index < -0.39 is 0 Å². The Balaban J connectivity index is 2.73. The van der Waals surface area contributed by atoms with E-state index in [-0.39, 0.29) is 11.7 Å². The van der Waals surface area contributed by atoms with Gasteiger partial charge in [-0.25, -0.2) is 0 Å². The van der Waals surface area contributed by atoms with Gasteiger partial charge in [0.1, 0.15) is 0 Å². The lowest BCUT2D eigenvalue weighted by Gasteiger charge is -2.15. The maximum Gasteiger partial charge on any atom is 0.150 e. The molecule has 1 rings (SSSR count). The fourth-order valence-electron chi connectivity index (χ4n) is 1.88. The molecule has 1 aromatic carbocycles. The predicted octanol–water partition coefficient (Wildman–Crippen LogP) is 4.42.